The van der Waals surface area contributed by atoms with E-state index in [9.17, 15) is 0 Å². The van der Waals surface area contributed by atoms with E-state index in [-0.39, 0.29) is 27.2 Å². The Morgan fingerprint density at radius 1 is 1.11 bits per heavy atom. The Morgan fingerprint density at radius 3 is 2.53 bits per heavy atom. The Hall–Kier alpha value is -1.91. The maximum atomic E-state index is 5.29. The van der Waals surface area contributed by atoms with Gasteiger partial charge in [0.25, 0.3) is 0 Å². The van der Waals surface area contributed by atoms with Crippen molar-refractivity contribution in [2.45, 2.75) is 6.54 Å². The third-order valence-corrected chi connectivity index (χ3v) is 2.18. The van der Waals surface area contributed by atoms with E-state index in [4.69, 9.17) is 6.42 Å². The van der Waals surface area contributed by atoms with E-state index in [1.807, 2.05) is 47.2 Å². The summed E-state index contributed by atoms with van der Waals surface area (Å²) in [5.74, 6) is 9.33. The summed E-state index contributed by atoms with van der Waals surface area (Å²) in [5.41, 5.74) is 0.963. The first-order chi connectivity index (χ1) is 8.40. The van der Waals surface area contributed by atoms with E-state index < -0.39 is 0 Å². The molecule has 0 amide bonds. The van der Waals surface area contributed by atoms with Crippen LogP contribution in [-0.2, 0) is 28.3 Å². The van der Waals surface area contributed by atoms with Crippen LogP contribution in [0.1, 0.15) is 11.4 Å². The topological polar surface area (TPSA) is 46.8 Å². The standard InChI is InChI=1S/C15H11N2.H2O.Ti/c1-2-12-17-13-6-11-16-15(17)10-9-14-7-4-3-5-8-14;;/h1,3-8,11,13H,12H2;1H2;/q+1;;/p-1. The molecule has 0 bridgehead atoms. The van der Waals surface area contributed by atoms with Crippen LogP contribution in [0.25, 0.3) is 0 Å². The summed E-state index contributed by atoms with van der Waals surface area (Å²) < 4.78 is 1.84. The van der Waals surface area contributed by atoms with Crippen molar-refractivity contribution in [3.05, 3.63) is 60.2 Å². The van der Waals surface area contributed by atoms with Crippen molar-refractivity contribution in [2.24, 2.45) is 0 Å². The molecular formula is C15H12N2OTi. The summed E-state index contributed by atoms with van der Waals surface area (Å²) in [6, 6.07) is 11.6. The molecule has 2 aromatic rings. The first-order valence-electron chi connectivity index (χ1n) is 5.25. The molecule has 1 aromatic heterocycles. The number of aromatic nitrogens is 2. The molecule has 92 valence electrons. The summed E-state index contributed by atoms with van der Waals surface area (Å²) >= 11 is 0. The summed E-state index contributed by atoms with van der Waals surface area (Å²) in [4.78, 5) is 4.21. The minimum Gasteiger partial charge on any atom is -0.870 e. The molecule has 0 saturated heterocycles. The summed E-state index contributed by atoms with van der Waals surface area (Å²) in [6.07, 6.45) is 8.88. The Labute approximate surface area is 127 Å². The van der Waals surface area contributed by atoms with Crippen LogP contribution in [0.3, 0.4) is 0 Å². The van der Waals surface area contributed by atoms with E-state index >= 15 is 0 Å². The minimum atomic E-state index is 0. The molecule has 0 unspecified atom stereocenters. The Balaban J connectivity index is 0.00000162. The molecule has 0 radical (unpaired) electrons. The molecule has 4 heteroatoms. The van der Waals surface area contributed by atoms with Crippen molar-refractivity contribution < 1.29 is 31.8 Å². The van der Waals surface area contributed by atoms with Crippen LogP contribution in [-0.4, -0.2) is 10.5 Å². The third kappa shape index (κ3) is 5.08. The predicted molar refractivity (Wildman–Crippen MR) is 67.6 cm³/mol. The SMILES string of the molecule is C#CC[n+]1cccnc1C#Cc1ccccc1.[OH-].[Ti]. The van der Waals surface area contributed by atoms with Crippen molar-refractivity contribution in [1.82, 2.24) is 4.98 Å². The smallest absolute Gasteiger partial charge is 0.377 e. The van der Waals surface area contributed by atoms with Gasteiger partial charge in [0, 0.05) is 39.3 Å². The van der Waals surface area contributed by atoms with Gasteiger partial charge in [-0.3, -0.25) is 0 Å². The van der Waals surface area contributed by atoms with Gasteiger partial charge in [0.15, 0.2) is 6.54 Å². The molecule has 3 nitrogen and oxygen atoms in total. The zero-order chi connectivity index (χ0) is 11.9. The molecule has 0 spiro atoms. The Kier molecular flexibility index (Phi) is 8.17. The van der Waals surface area contributed by atoms with Crippen LogP contribution in [0.5, 0.6) is 0 Å². The zero-order valence-electron chi connectivity index (χ0n) is 10.2. The fourth-order valence-corrected chi connectivity index (χ4v) is 1.38. The van der Waals surface area contributed by atoms with E-state index in [1.54, 1.807) is 6.20 Å². The van der Waals surface area contributed by atoms with Gasteiger partial charge in [0.2, 0.25) is 0 Å². The van der Waals surface area contributed by atoms with E-state index in [2.05, 4.69) is 22.7 Å². The maximum absolute atomic E-state index is 5.29. The first-order valence-corrected chi connectivity index (χ1v) is 5.25. The van der Waals surface area contributed by atoms with Gasteiger partial charge in [-0.15, -0.1) is 6.42 Å². The molecular weight excluding hydrogens is 272 g/mol. The van der Waals surface area contributed by atoms with Crippen LogP contribution < -0.4 is 4.57 Å². The molecule has 1 aromatic carbocycles. The van der Waals surface area contributed by atoms with Gasteiger partial charge in [-0.1, -0.05) is 30.0 Å². The first kappa shape index (κ1) is 17.1. The summed E-state index contributed by atoms with van der Waals surface area (Å²) in [7, 11) is 0. The van der Waals surface area contributed by atoms with Crippen LogP contribution in [0.2, 0.25) is 0 Å². The van der Waals surface area contributed by atoms with Gasteiger partial charge >= 0.3 is 5.82 Å². The largest absolute Gasteiger partial charge is 0.870 e. The number of terminal acetylenes is 1. The van der Waals surface area contributed by atoms with Crippen LogP contribution in [0, 0.1) is 24.2 Å². The molecule has 1 heterocycles. The second-order valence-corrected chi connectivity index (χ2v) is 3.39. The van der Waals surface area contributed by atoms with Crippen molar-refractivity contribution in [1.29, 1.82) is 0 Å². The number of hydrogen-bond donors (Lipinski definition) is 0. The van der Waals surface area contributed by atoms with E-state index in [0.29, 0.717) is 12.4 Å². The number of nitrogens with zero attached hydrogens (tertiary/aromatic N) is 2. The molecule has 0 fully saturated rings. The number of benzene rings is 1. The zero-order valence-corrected chi connectivity index (χ0v) is 11.8. The molecule has 0 aliphatic heterocycles. The van der Waals surface area contributed by atoms with Crippen molar-refractivity contribution in [3.8, 4) is 24.2 Å². The average molecular weight is 284 g/mol. The quantitative estimate of drug-likeness (QED) is 0.449. The van der Waals surface area contributed by atoms with E-state index in [1.165, 1.54) is 0 Å². The normalized spacial score (nSPS) is 7.95. The second kappa shape index (κ2) is 9.08. The molecule has 0 atom stereocenters. The molecule has 0 aliphatic carbocycles. The van der Waals surface area contributed by atoms with Gasteiger partial charge in [-0.05, 0) is 17.1 Å². The maximum Gasteiger partial charge on any atom is 0.377 e. The van der Waals surface area contributed by atoms with E-state index in [0.717, 1.165) is 5.56 Å². The van der Waals surface area contributed by atoms with Gasteiger partial charge < -0.3 is 5.48 Å². The second-order valence-electron chi connectivity index (χ2n) is 3.39. The summed E-state index contributed by atoms with van der Waals surface area (Å²) in [5, 5.41) is 0. The molecule has 19 heavy (non-hydrogen) atoms. The molecule has 2 rings (SSSR count). The van der Waals surface area contributed by atoms with Gasteiger partial charge in [-0.25, -0.2) is 4.57 Å². The monoisotopic (exact) mass is 284 g/mol. The van der Waals surface area contributed by atoms with Gasteiger partial charge in [-0.2, -0.15) is 0 Å². The number of hydrogen-bond acceptors (Lipinski definition) is 2. The van der Waals surface area contributed by atoms with Crippen LogP contribution in [0.15, 0.2) is 48.8 Å². The number of rotatable bonds is 1. The van der Waals surface area contributed by atoms with Crippen molar-refractivity contribution in [3.63, 3.8) is 0 Å². The van der Waals surface area contributed by atoms with Crippen LogP contribution in [0.4, 0.5) is 0 Å². The van der Waals surface area contributed by atoms with Crippen molar-refractivity contribution in [2.75, 3.05) is 0 Å². The molecule has 0 aliphatic rings. The Bertz CT molecular complexity index is 609. The Morgan fingerprint density at radius 2 is 1.84 bits per heavy atom. The minimum absolute atomic E-state index is 0. The van der Waals surface area contributed by atoms with Crippen molar-refractivity contribution >= 4 is 0 Å². The third-order valence-electron chi connectivity index (χ3n) is 2.18. The van der Waals surface area contributed by atoms with Gasteiger partial charge in [0.05, 0.1) is 6.20 Å². The fourth-order valence-electron chi connectivity index (χ4n) is 1.38. The van der Waals surface area contributed by atoms with Gasteiger partial charge in [0.1, 0.15) is 6.20 Å². The predicted octanol–water partition coefficient (Wildman–Crippen LogP) is 1.22. The van der Waals surface area contributed by atoms with Crippen LogP contribution >= 0.6 is 0 Å². The molecule has 1 N–H and O–H groups in total. The average Bonchev–Trinajstić information content (AvgIpc) is 2.39. The summed E-state index contributed by atoms with van der Waals surface area (Å²) in [6.45, 7) is 0.479. The fraction of sp³-hybridized carbons (Fsp3) is 0.0667. The molecule has 0 saturated carbocycles.